The highest BCUT2D eigenvalue weighted by Crippen LogP contribution is 1.48. The van der Waals surface area contributed by atoms with Gasteiger partial charge in [0, 0.05) is 0 Å². The zero-order chi connectivity index (χ0) is 7.15. The third kappa shape index (κ3) is 43400. The average Bonchev–Trinajstić information content (AvgIpc) is 1.25. The second kappa shape index (κ2) is 10.8. The Labute approximate surface area is 60.5 Å². The third-order valence-corrected chi connectivity index (χ3v) is 0. The third-order valence-electron chi connectivity index (χ3n) is 0. The Kier molecular flexibility index (Phi) is 19.2. The average molecular weight is 134 g/mol. The number of hydrogen-bond acceptors (Lipinski definition) is 2. The van der Waals surface area contributed by atoms with Gasteiger partial charge in [-0.05, 0) is 42.3 Å². The van der Waals surface area contributed by atoms with Gasteiger partial charge in [0.05, 0.1) is 0 Å². The molecule has 0 spiro atoms. The van der Waals surface area contributed by atoms with Gasteiger partial charge in [0.2, 0.25) is 0 Å². The Hall–Kier alpha value is -0.0800. The smallest absolute Gasteiger partial charge is 0.0140 e. The molecule has 0 atom stereocenters. The molecule has 2 heteroatoms. The predicted octanol–water partition coefficient (Wildman–Crippen LogP) is 0.992. The van der Waals surface area contributed by atoms with Gasteiger partial charge >= 0.3 is 0 Å². The summed E-state index contributed by atoms with van der Waals surface area (Å²) in [6.45, 7) is 0. The first-order valence-electron chi connectivity index (χ1n) is 2.68. The van der Waals surface area contributed by atoms with Gasteiger partial charge in [-0.1, -0.05) is 7.43 Å². The molecule has 0 saturated heterocycles. The Morgan fingerprint density at radius 1 is 0.556 bits per heavy atom. The molecule has 60 valence electrons. The number of nitrogens with zero attached hydrogens (tertiary/aromatic N) is 2. The van der Waals surface area contributed by atoms with Crippen LogP contribution in [0.3, 0.4) is 0 Å². The Morgan fingerprint density at radius 2 is 0.556 bits per heavy atom. The number of rotatable bonds is 0. The summed E-state index contributed by atoms with van der Waals surface area (Å²) in [6.07, 6.45) is 0. The van der Waals surface area contributed by atoms with Crippen LogP contribution in [0.25, 0.3) is 0 Å². The van der Waals surface area contributed by atoms with Crippen LogP contribution in [-0.4, -0.2) is 52.1 Å². The lowest BCUT2D eigenvalue weighted by Crippen LogP contribution is -1.99. The van der Waals surface area contributed by atoms with E-state index in [9.17, 15) is 0 Å². The SMILES string of the molecule is C.CN(C)C.CN(C)C. The molecule has 0 unspecified atom stereocenters. The van der Waals surface area contributed by atoms with Crippen LogP contribution in [0.1, 0.15) is 7.43 Å². The van der Waals surface area contributed by atoms with Crippen molar-refractivity contribution < 1.29 is 0 Å². The van der Waals surface area contributed by atoms with Gasteiger partial charge in [-0.3, -0.25) is 0 Å². The van der Waals surface area contributed by atoms with Crippen molar-refractivity contribution >= 4 is 0 Å². The maximum absolute atomic E-state index is 2.00. The molecule has 0 bridgehead atoms. The highest BCUT2D eigenvalue weighted by Gasteiger charge is 1.58. The molecule has 0 aliphatic rings. The first-order chi connectivity index (χ1) is 3.46. The summed E-state index contributed by atoms with van der Waals surface area (Å²) >= 11 is 0. The quantitative estimate of drug-likeness (QED) is 0.487. The molecule has 0 rings (SSSR count). The van der Waals surface area contributed by atoms with Crippen LogP contribution in [-0.2, 0) is 0 Å². The van der Waals surface area contributed by atoms with Crippen molar-refractivity contribution in [1.29, 1.82) is 0 Å². The lowest BCUT2D eigenvalue weighted by Gasteiger charge is -1.90. The summed E-state index contributed by atoms with van der Waals surface area (Å²) in [7, 11) is 12.0. The van der Waals surface area contributed by atoms with Gasteiger partial charge in [-0.2, -0.15) is 0 Å². The van der Waals surface area contributed by atoms with Crippen molar-refractivity contribution in [2.75, 3.05) is 42.3 Å². The molecule has 2 nitrogen and oxygen atoms in total. The maximum atomic E-state index is 2.00. The first kappa shape index (κ1) is 16.0. The predicted molar refractivity (Wildman–Crippen MR) is 46.0 cm³/mol. The van der Waals surface area contributed by atoms with Crippen molar-refractivity contribution in [2.45, 2.75) is 7.43 Å². The van der Waals surface area contributed by atoms with Gasteiger partial charge < -0.3 is 9.80 Å². The molecule has 0 aliphatic carbocycles. The largest absolute Gasteiger partial charge is 0.312 e. The fourth-order valence-corrected chi connectivity index (χ4v) is 0. The standard InChI is InChI=1S/2C3H9N.CH4/c2*1-4(2)3;/h2*1-3H3;1H4. The van der Waals surface area contributed by atoms with E-state index < -0.39 is 0 Å². The second-order valence-corrected chi connectivity index (χ2v) is 2.68. The monoisotopic (exact) mass is 134 g/mol. The molecular weight excluding hydrogens is 112 g/mol. The van der Waals surface area contributed by atoms with E-state index in [-0.39, 0.29) is 7.43 Å². The molecule has 0 heterocycles. The molecular formula is C7H22N2. The topological polar surface area (TPSA) is 6.48 Å². The van der Waals surface area contributed by atoms with Crippen LogP contribution in [0.2, 0.25) is 0 Å². The molecule has 0 aromatic heterocycles. The molecule has 0 amide bonds. The summed E-state index contributed by atoms with van der Waals surface area (Å²) in [5.41, 5.74) is 0. The summed E-state index contributed by atoms with van der Waals surface area (Å²) in [5.74, 6) is 0. The summed E-state index contributed by atoms with van der Waals surface area (Å²) < 4.78 is 0. The highest BCUT2D eigenvalue weighted by atomic mass is 15.0. The van der Waals surface area contributed by atoms with E-state index in [0.717, 1.165) is 0 Å². The molecule has 0 saturated carbocycles. The zero-order valence-electron chi connectivity index (χ0n) is 6.89. The van der Waals surface area contributed by atoms with E-state index in [0.29, 0.717) is 0 Å². The van der Waals surface area contributed by atoms with Gasteiger partial charge in [-0.25, -0.2) is 0 Å². The Balaban J connectivity index is -0.0000000720. The molecule has 9 heavy (non-hydrogen) atoms. The first-order valence-corrected chi connectivity index (χ1v) is 2.68. The number of hydrogen-bond donors (Lipinski definition) is 0. The molecule has 0 fully saturated rings. The van der Waals surface area contributed by atoms with Crippen molar-refractivity contribution in [3.05, 3.63) is 0 Å². The maximum Gasteiger partial charge on any atom is -0.0140 e. The summed E-state index contributed by atoms with van der Waals surface area (Å²) in [4.78, 5) is 4.00. The highest BCUT2D eigenvalue weighted by molar-refractivity contribution is 4.09. The molecule has 0 aliphatic heterocycles. The Bertz CT molecular complexity index is 22.4. The van der Waals surface area contributed by atoms with Crippen LogP contribution < -0.4 is 0 Å². The minimum atomic E-state index is 0. The van der Waals surface area contributed by atoms with Crippen LogP contribution in [0.15, 0.2) is 0 Å². The zero-order valence-corrected chi connectivity index (χ0v) is 6.89. The molecule has 0 aromatic carbocycles. The van der Waals surface area contributed by atoms with Gasteiger partial charge in [-0.15, -0.1) is 0 Å². The van der Waals surface area contributed by atoms with E-state index >= 15 is 0 Å². The van der Waals surface area contributed by atoms with Gasteiger partial charge in [0.25, 0.3) is 0 Å². The van der Waals surface area contributed by atoms with Crippen molar-refractivity contribution in [2.24, 2.45) is 0 Å². The fourth-order valence-electron chi connectivity index (χ4n) is 0. The summed E-state index contributed by atoms with van der Waals surface area (Å²) in [5, 5.41) is 0. The molecule has 0 aromatic rings. The normalized spacial score (nSPS) is 8.00. The second-order valence-electron chi connectivity index (χ2n) is 2.68. The Morgan fingerprint density at radius 3 is 0.556 bits per heavy atom. The van der Waals surface area contributed by atoms with Crippen LogP contribution in [0.4, 0.5) is 0 Å². The molecule has 0 radical (unpaired) electrons. The van der Waals surface area contributed by atoms with Crippen molar-refractivity contribution in [3.63, 3.8) is 0 Å². The van der Waals surface area contributed by atoms with Crippen molar-refractivity contribution in [3.8, 4) is 0 Å². The van der Waals surface area contributed by atoms with E-state index in [1.807, 2.05) is 52.1 Å². The molecule has 0 N–H and O–H groups in total. The summed E-state index contributed by atoms with van der Waals surface area (Å²) in [6, 6.07) is 0. The fraction of sp³-hybridized carbons (Fsp3) is 1.00. The van der Waals surface area contributed by atoms with Crippen LogP contribution in [0, 0.1) is 0 Å². The van der Waals surface area contributed by atoms with Crippen LogP contribution in [0.5, 0.6) is 0 Å². The lowest BCUT2D eigenvalue weighted by atomic mass is 11.0. The lowest BCUT2D eigenvalue weighted by molar-refractivity contribution is 0.505. The minimum Gasteiger partial charge on any atom is -0.312 e. The van der Waals surface area contributed by atoms with E-state index in [2.05, 4.69) is 0 Å². The van der Waals surface area contributed by atoms with Crippen LogP contribution >= 0.6 is 0 Å². The van der Waals surface area contributed by atoms with E-state index in [1.165, 1.54) is 0 Å². The minimum absolute atomic E-state index is 0. The van der Waals surface area contributed by atoms with E-state index in [4.69, 9.17) is 0 Å². The van der Waals surface area contributed by atoms with E-state index in [1.54, 1.807) is 0 Å². The van der Waals surface area contributed by atoms with Gasteiger partial charge in [0.15, 0.2) is 0 Å². The van der Waals surface area contributed by atoms with Crippen molar-refractivity contribution in [1.82, 2.24) is 9.80 Å². The van der Waals surface area contributed by atoms with Gasteiger partial charge in [0.1, 0.15) is 0 Å².